The number of aromatic hydroxyl groups is 1. The summed E-state index contributed by atoms with van der Waals surface area (Å²) < 4.78 is 0.658. The van der Waals surface area contributed by atoms with Gasteiger partial charge in [0.05, 0.1) is 15.5 Å². The van der Waals surface area contributed by atoms with Gasteiger partial charge in [0.1, 0.15) is 11.6 Å². The molecule has 2 N–H and O–H groups in total. The van der Waals surface area contributed by atoms with Gasteiger partial charge in [0.15, 0.2) is 0 Å². The second kappa shape index (κ2) is 4.30. The summed E-state index contributed by atoms with van der Waals surface area (Å²) in [5, 5.41) is 10.3. The third-order valence-electron chi connectivity index (χ3n) is 2.66. The van der Waals surface area contributed by atoms with E-state index in [-0.39, 0.29) is 5.75 Å². The molecule has 0 amide bonds. The third-order valence-corrected chi connectivity index (χ3v) is 3.57. The molecule has 3 nitrogen and oxygen atoms in total. The van der Waals surface area contributed by atoms with Crippen molar-refractivity contribution in [3.8, 4) is 17.1 Å². The van der Waals surface area contributed by atoms with Gasteiger partial charge in [0.2, 0.25) is 0 Å². The van der Waals surface area contributed by atoms with Crippen LogP contribution in [0.5, 0.6) is 5.75 Å². The van der Waals surface area contributed by atoms with Crippen LogP contribution in [0.25, 0.3) is 22.4 Å². The zero-order chi connectivity index (χ0) is 12.7. The number of nitrogens with zero attached hydrogens (tertiary/aromatic N) is 1. The van der Waals surface area contributed by atoms with E-state index >= 15 is 0 Å². The molecule has 0 unspecified atom stereocenters. The number of aromatic amines is 1. The lowest BCUT2D eigenvalue weighted by Crippen LogP contribution is -1.80. The van der Waals surface area contributed by atoms with E-state index in [2.05, 4.69) is 25.9 Å². The Balaban J connectivity index is 2.16. The molecule has 1 aromatic heterocycles. The van der Waals surface area contributed by atoms with E-state index in [1.807, 2.05) is 18.2 Å². The maximum atomic E-state index is 9.67. The number of phenolic OH excluding ortho intramolecular Hbond substituents is 1. The van der Waals surface area contributed by atoms with E-state index in [0.717, 1.165) is 16.6 Å². The van der Waals surface area contributed by atoms with Crippen molar-refractivity contribution in [3.05, 3.63) is 45.9 Å². The Kier molecular flexibility index (Phi) is 2.76. The summed E-state index contributed by atoms with van der Waals surface area (Å²) in [5.74, 6) is 0.890. The number of hydrogen-bond donors (Lipinski definition) is 2. The lowest BCUT2D eigenvalue weighted by atomic mass is 10.2. The highest BCUT2D eigenvalue weighted by Gasteiger charge is 2.07. The van der Waals surface area contributed by atoms with E-state index < -0.39 is 0 Å². The van der Waals surface area contributed by atoms with Crippen LogP contribution in [0.3, 0.4) is 0 Å². The second-order valence-electron chi connectivity index (χ2n) is 3.91. The normalized spacial score (nSPS) is 11.0. The third kappa shape index (κ3) is 1.98. The number of fused-ring (bicyclic) bond motifs is 1. The highest BCUT2D eigenvalue weighted by Crippen LogP contribution is 2.29. The Morgan fingerprint density at radius 3 is 2.78 bits per heavy atom. The molecule has 2 aromatic carbocycles. The van der Waals surface area contributed by atoms with Crippen molar-refractivity contribution in [2.24, 2.45) is 0 Å². The predicted molar refractivity (Wildman–Crippen MR) is 75.9 cm³/mol. The molecule has 0 aliphatic rings. The molecule has 1 heterocycles. The Hall–Kier alpha value is -1.52. The molecule has 0 saturated heterocycles. The maximum Gasteiger partial charge on any atom is 0.138 e. The van der Waals surface area contributed by atoms with Gasteiger partial charge in [-0.05, 0) is 52.3 Å². The van der Waals surface area contributed by atoms with Gasteiger partial charge in [-0.25, -0.2) is 4.98 Å². The summed E-state index contributed by atoms with van der Waals surface area (Å²) in [6.07, 6.45) is 0. The monoisotopic (exact) mass is 322 g/mol. The maximum absolute atomic E-state index is 9.67. The van der Waals surface area contributed by atoms with E-state index in [9.17, 15) is 5.11 Å². The first kappa shape index (κ1) is 11.6. The number of aromatic nitrogens is 2. The second-order valence-corrected chi connectivity index (χ2v) is 5.20. The zero-order valence-corrected chi connectivity index (χ0v) is 11.5. The van der Waals surface area contributed by atoms with E-state index in [0.29, 0.717) is 15.3 Å². The molecule has 5 heteroatoms. The topological polar surface area (TPSA) is 48.9 Å². The smallest absolute Gasteiger partial charge is 0.138 e. The SMILES string of the molecule is Oc1cc(-c2nc3ccc(Cl)cc3[nH]2)ccc1Br. The quantitative estimate of drug-likeness (QED) is 0.699. The van der Waals surface area contributed by atoms with Crippen molar-refractivity contribution >= 4 is 38.6 Å². The van der Waals surface area contributed by atoms with Crippen LogP contribution in [0.15, 0.2) is 40.9 Å². The largest absolute Gasteiger partial charge is 0.507 e. The van der Waals surface area contributed by atoms with Gasteiger partial charge in [-0.15, -0.1) is 0 Å². The first-order valence-corrected chi connectivity index (χ1v) is 6.45. The van der Waals surface area contributed by atoms with Crippen molar-refractivity contribution in [2.75, 3.05) is 0 Å². The molecule has 0 aliphatic heterocycles. The number of hydrogen-bond acceptors (Lipinski definition) is 2. The average molecular weight is 324 g/mol. The lowest BCUT2D eigenvalue weighted by molar-refractivity contribution is 0.472. The van der Waals surface area contributed by atoms with Crippen LogP contribution in [0.4, 0.5) is 0 Å². The van der Waals surface area contributed by atoms with Crippen LogP contribution in [-0.2, 0) is 0 Å². The molecule has 0 radical (unpaired) electrons. The van der Waals surface area contributed by atoms with Gasteiger partial charge in [-0.2, -0.15) is 0 Å². The molecule has 0 saturated carbocycles. The fraction of sp³-hybridized carbons (Fsp3) is 0. The number of H-pyrrole nitrogens is 1. The van der Waals surface area contributed by atoms with Crippen LogP contribution >= 0.6 is 27.5 Å². The zero-order valence-electron chi connectivity index (χ0n) is 9.11. The molecule has 0 aliphatic carbocycles. The van der Waals surface area contributed by atoms with Gasteiger partial charge in [-0.3, -0.25) is 0 Å². The van der Waals surface area contributed by atoms with Gasteiger partial charge < -0.3 is 10.1 Å². The Morgan fingerprint density at radius 2 is 2.00 bits per heavy atom. The highest BCUT2D eigenvalue weighted by molar-refractivity contribution is 9.10. The van der Waals surface area contributed by atoms with Crippen LogP contribution in [-0.4, -0.2) is 15.1 Å². The van der Waals surface area contributed by atoms with Crippen LogP contribution in [0.1, 0.15) is 0 Å². The summed E-state index contributed by atoms with van der Waals surface area (Å²) in [4.78, 5) is 7.63. The van der Waals surface area contributed by atoms with Crippen LogP contribution in [0.2, 0.25) is 5.02 Å². The van der Waals surface area contributed by atoms with Crippen molar-refractivity contribution in [3.63, 3.8) is 0 Å². The number of rotatable bonds is 1. The first-order chi connectivity index (χ1) is 8.63. The molecular formula is C13H8BrClN2O. The number of imidazole rings is 1. The number of benzene rings is 2. The van der Waals surface area contributed by atoms with E-state index in [1.54, 1.807) is 18.2 Å². The fourth-order valence-electron chi connectivity index (χ4n) is 1.78. The molecule has 18 heavy (non-hydrogen) atoms. The molecule has 90 valence electrons. The summed E-state index contributed by atoms with van der Waals surface area (Å²) in [6.45, 7) is 0. The molecular weight excluding hydrogens is 316 g/mol. The lowest BCUT2D eigenvalue weighted by Gasteiger charge is -1.99. The Labute approximate surface area is 117 Å². The number of halogens is 2. The number of phenols is 1. The van der Waals surface area contributed by atoms with Crippen molar-refractivity contribution < 1.29 is 5.11 Å². The van der Waals surface area contributed by atoms with Crippen molar-refractivity contribution in [1.29, 1.82) is 0 Å². The van der Waals surface area contributed by atoms with E-state index in [4.69, 9.17) is 11.6 Å². The molecule has 0 bridgehead atoms. The first-order valence-electron chi connectivity index (χ1n) is 5.27. The Morgan fingerprint density at radius 1 is 1.17 bits per heavy atom. The molecule has 0 fully saturated rings. The highest BCUT2D eigenvalue weighted by atomic mass is 79.9. The fourth-order valence-corrected chi connectivity index (χ4v) is 2.20. The summed E-state index contributed by atoms with van der Waals surface area (Å²) in [7, 11) is 0. The van der Waals surface area contributed by atoms with Gasteiger partial charge >= 0.3 is 0 Å². The van der Waals surface area contributed by atoms with Gasteiger partial charge in [0.25, 0.3) is 0 Å². The van der Waals surface area contributed by atoms with Crippen molar-refractivity contribution in [2.45, 2.75) is 0 Å². The molecule has 3 aromatic rings. The molecule has 0 spiro atoms. The van der Waals surface area contributed by atoms with Gasteiger partial charge in [-0.1, -0.05) is 11.6 Å². The minimum atomic E-state index is 0.186. The Bertz CT molecular complexity index is 739. The minimum Gasteiger partial charge on any atom is -0.507 e. The van der Waals surface area contributed by atoms with Crippen molar-refractivity contribution in [1.82, 2.24) is 9.97 Å². The standard InChI is InChI=1S/C13H8BrClN2O/c14-9-3-1-7(5-12(9)18)13-16-10-4-2-8(15)6-11(10)17-13/h1-6,18H,(H,16,17). The summed E-state index contributed by atoms with van der Waals surface area (Å²) in [6, 6.07) is 10.8. The van der Waals surface area contributed by atoms with Gasteiger partial charge in [0, 0.05) is 10.6 Å². The molecule has 3 rings (SSSR count). The summed E-state index contributed by atoms with van der Waals surface area (Å²) >= 11 is 9.17. The average Bonchev–Trinajstić information content (AvgIpc) is 2.75. The van der Waals surface area contributed by atoms with Crippen LogP contribution < -0.4 is 0 Å². The minimum absolute atomic E-state index is 0.186. The summed E-state index contributed by atoms with van der Waals surface area (Å²) in [5.41, 5.74) is 2.54. The van der Waals surface area contributed by atoms with Crippen LogP contribution in [0, 0.1) is 0 Å². The molecule has 0 atom stereocenters. The number of nitrogens with one attached hydrogen (secondary N) is 1. The predicted octanol–water partition coefficient (Wildman–Crippen LogP) is 4.35. The van der Waals surface area contributed by atoms with E-state index in [1.165, 1.54) is 0 Å².